The number of nitrogens with zero attached hydrogens (tertiary/aromatic N) is 5. The maximum absolute atomic E-state index is 14.2. The number of aliphatic imine (C=N–C) groups is 1. The summed E-state index contributed by atoms with van der Waals surface area (Å²) in [6.07, 6.45) is 3.32. The molecule has 0 bridgehead atoms. The van der Waals surface area contributed by atoms with Crippen molar-refractivity contribution in [2.45, 2.75) is 31.5 Å². The number of aryl methyl sites for hydroxylation is 1. The third-order valence-corrected chi connectivity index (χ3v) is 4.79. The minimum absolute atomic E-state index is 0. The van der Waals surface area contributed by atoms with Crippen LogP contribution in [0, 0.1) is 11.6 Å². The van der Waals surface area contributed by atoms with Crippen molar-refractivity contribution in [3.8, 4) is 0 Å². The average Bonchev–Trinajstić information content (AvgIpc) is 3.10. The molecule has 10 heteroatoms. The van der Waals surface area contributed by atoms with Crippen LogP contribution in [0.4, 0.5) is 8.78 Å². The monoisotopic (exact) mass is 505 g/mol. The second-order valence-corrected chi connectivity index (χ2v) is 6.81. The van der Waals surface area contributed by atoms with Crippen LogP contribution >= 0.6 is 24.0 Å². The number of halogens is 3. The summed E-state index contributed by atoms with van der Waals surface area (Å²) in [7, 11) is 5.26. The first-order valence-electron chi connectivity index (χ1n) is 8.93. The highest BCUT2D eigenvalue weighted by Gasteiger charge is 2.24. The molecule has 2 heterocycles. The Morgan fingerprint density at radius 3 is 2.71 bits per heavy atom. The molecule has 0 aliphatic carbocycles. The van der Waals surface area contributed by atoms with Gasteiger partial charge in [0.25, 0.3) is 0 Å². The Labute approximate surface area is 180 Å². The van der Waals surface area contributed by atoms with Crippen molar-refractivity contribution in [1.82, 2.24) is 30.3 Å². The molecule has 3 rings (SSSR count). The summed E-state index contributed by atoms with van der Waals surface area (Å²) >= 11 is 0. The van der Waals surface area contributed by atoms with E-state index < -0.39 is 17.7 Å². The molecule has 1 aromatic carbocycles. The van der Waals surface area contributed by atoms with Crippen LogP contribution in [-0.2, 0) is 13.0 Å². The highest BCUT2D eigenvalue weighted by molar-refractivity contribution is 14.0. The van der Waals surface area contributed by atoms with E-state index in [4.69, 9.17) is 0 Å². The largest absolute Gasteiger partial charge is 0.354 e. The fraction of sp³-hybridized carbons (Fsp3) is 0.500. The molecule has 2 atom stereocenters. The molecular weight excluding hydrogens is 479 g/mol. The second kappa shape index (κ2) is 10.1. The standard InChI is InChI=1S/C18H25F2N7.HI/c1-21-18(25-12-7-8-16-23-11-24-27(16)10-12)22-9-15(26(2)3)17-13(19)5-4-6-14(17)20;/h4-6,11-12,15H,7-10H2,1-3H3,(H2,21,22,25);1H. The molecule has 0 fully saturated rings. The van der Waals surface area contributed by atoms with E-state index in [2.05, 4.69) is 25.7 Å². The quantitative estimate of drug-likeness (QED) is 0.370. The van der Waals surface area contributed by atoms with Gasteiger partial charge in [-0.05, 0) is 32.6 Å². The lowest BCUT2D eigenvalue weighted by Gasteiger charge is -2.29. The van der Waals surface area contributed by atoms with Crippen molar-refractivity contribution < 1.29 is 8.78 Å². The Bertz CT molecular complexity index is 789. The summed E-state index contributed by atoms with van der Waals surface area (Å²) in [4.78, 5) is 10.2. The van der Waals surface area contributed by atoms with Crippen molar-refractivity contribution in [2.75, 3.05) is 27.7 Å². The smallest absolute Gasteiger partial charge is 0.191 e. The van der Waals surface area contributed by atoms with Gasteiger partial charge in [-0.1, -0.05) is 6.07 Å². The van der Waals surface area contributed by atoms with Gasteiger partial charge in [0.05, 0.1) is 12.6 Å². The maximum Gasteiger partial charge on any atom is 0.191 e. The van der Waals surface area contributed by atoms with Crippen LogP contribution < -0.4 is 10.6 Å². The molecule has 0 saturated heterocycles. The van der Waals surface area contributed by atoms with E-state index >= 15 is 0 Å². The molecule has 0 radical (unpaired) electrons. The van der Waals surface area contributed by atoms with E-state index in [-0.39, 0.29) is 35.6 Å². The van der Waals surface area contributed by atoms with E-state index in [0.717, 1.165) is 18.7 Å². The molecule has 154 valence electrons. The fourth-order valence-electron chi connectivity index (χ4n) is 3.31. The van der Waals surface area contributed by atoms with Crippen molar-refractivity contribution in [2.24, 2.45) is 4.99 Å². The fourth-order valence-corrected chi connectivity index (χ4v) is 3.31. The lowest BCUT2D eigenvalue weighted by molar-refractivity contribution is 0.282. The number of rotatable bonds is 5. The van der Waals surface area contributed by atoms with Crippen molar-refractivity contribution in [1.29, 1.82) is 0 Å². The molecule has 0 amide bonds. The first-order valence-corrected chi connectivity index (χ1v) is 8.93. The normalized spacial score (nSPS) is 17.6. The lowest BCUT2D eigenvalue weighted by Crippen LogP contribution is -2.48. The Kier molecular flexibility index (Phi) is 8.10. The molecule has 1 aliphatic heterocycles. The van der Waals surface area contributed by atoms with Gasteiger partial charge in [0.15, 0.2) is 5.96 Å². The highest BCUT2D eigenvalue weighted by Crippen LogP contribution is 2.23. The molecule has 2 aromatic rings. The van der Waals surface area contributed by atoms with Crippen LogP contribution in [0.2, 0.25) is 0 Å². The minimum Gasteiger partial charge on any atom is -0.354 e. The van der Waals surface area contributed by atoms with E-state index in [1.54, 1.807) is 32.4 Å². The van der Waals surface area contributed by atoms with Gasteiger partial charge >= 0.3 is 0 Å². The van der Waals surface area contributed by atoms with Crippen LogP contribution in [0.3, 0.4) is 0 Å². The highest BCUT2D eigenvalue weighted by atomic mass is 127. The summed E-state index contributed by atoms with van der Waals surface area (Å²) in [5.74, 6) is 0.472. The predicted molar refractivity (Wildman–Crippen MR) is 115 cm³/mol. The summed E-state index contributed by atoms with van der Waals surface area (Å²) < 4.78 is 30.3. The molecule has 2 N–H and O–H groups in total. The zero-order valence-electron chi connectivity index (χ0n) is 16.2. The molecule has 28 heavy (non-hydrogen) atoms. The number of nitrogens with one attached hydrogen (secondary N) is 2. The number of likely N-dealkylation sites (N-methyl/N-ethyl adjacent to an activating group) is 1. The van der Waals surface area contributed by atoms with Crippen LogP contribution in [-0.4, -0.2) is 59.4 Å². The van der Waals surface area contributed by atoms with Gasteiger partial charge < -0.3 is 15.5 Å². The Balaban J connectivity index is 0.00000280. The number of hydrogen-bond acceptors (Lipinski definition) is 4. The van der Waals surface area contributed by atoms with E-state index in [1.165, 1.54) is 18.2 Å². The average molecular weight is 505 g/mol. The molecular formula is C18H26F2IN7. The molecule has 0 spiro atoms. The Morgan fingerprint density at radius 2 is 2.07 bits per heavy atom. The molecule has 1 aromatic heterocycles. The van der Waals surface area contributed by atoms with Gasteiger partial charge in [0.2, 0.25) is 0 Å². The zero-order chi connectivity index (χ0) is 19.4. The van der Waals surface area contributed by atoms with E-state index in [0.29, 0.717) is 19.0 Å². The number of guanidine groups is 1. The topological polar surface area (TPSA) is 70.4 Å². The number of hydrogen-bond donors (Lipinski definition) is 2. The van der Waals surface area contributed by atoms with Crippen LogP contribution in [0.5, 0.6) is 0 Å². The Hall–Kier alpha value is -1.82. The molecule has 0 saturated carbocycles. The summed E-state index contributed by atoms with van der Waals surface area (Å²) in [5, 5.41) is 10.8. The number of aromatic nitrogens is 3. The number of fused-ring (bicyclic) bond motifs is 1. The summed E-state index contributed by atoms with van der Waals surface area (Å²) in [6, 6.07) is 3.61. The third kappa shape index (κ3) is 5.16. The maximum atomic E-state index is 14.2. The van der Waals surface area contributed by atoms with Gasteiger partial charge in [0.1, 0.15) is 23.8 Å². The van der Waals surface area contributed by atoms with Crippen LogP contribution in [0.1, 0.15) is 23.9 Å². The zero-order valence-corrected chi connectivity index (χ0v) is 18.5. The van der Waals surface area contributed by atoms with E-state index in [9.17, 15) is 8.78 Å². The summed E-state index contributed by atoms with van der Waals surface area (Å²) in [5.41, 5.74) is 0.0513. The van der Waals surface area contributed by atoms with Gasteiger partial charge in [0, 0.05) is 31.6 Å². The first-order chi connectivity index (χ1) is 13.0. The van der Waals surface area contributed by atoms with Crippen LogP contribution in [0.15, 0.2) is 29.5 Å². The minimum atomic E-state index is -0.551. The van der Waals surface area contributed by atoms with Gasteiger partial charge in [-0.2, -0.15) is 5.10 Å². The molecule has 7 nitrogen and oxygen atoms in total. The van der Waals surface area contributed by atoms with Gasteiger partial charge in [-0.3, -0.25) is 4.99 Å². The Morgan fingerprint density at radius 1 is 1.36 bits per heavy atom. The molecule has 2 unspecified atom stereocenters. The predicted octanol–water partition coefficient (Wildman–Crippen LogP) is 1.96. The second-order valence-electron chi connectivity index (χ2n) is 6.81. The van der Waals surface area contributed by atoms with Crippen LogP contribution in [0.25, 0.3) is 0 Å². The number of benzene rings is 1. The van der Waals surface area contributed by atoms with Crippen molar-refractivity contribution >= 4 is 29.9 Å². The van der Waals surface area contributed by atoms with E-state index in [1.807, 2.05) is 4.68 Å². The first kappa shape index (κ1) is 22.5. The van der Waals surface area contributed by atoms with Gasteiger partial charge in [-0.15, -0.1) is 24.0 Å². The lowest BCUT2D eigenvalue weighted by atomic mass is 10.0. The molecule has 1 aliphatic rings. The third-order valence-electron chi connectivity index (χ3n) is 4.79. The SMILES string of the molecule is CN=C(NCC(c1c(F)cccc1F)N(C)C)NC1CCc2ncnn2C1.I. The van der Waals surface area contributed by atoms with Crippen molar-refractivity contribution in [3.05, 3.63) is 47.5 Å². The van der Waals surface area contributed by atoms with Crippen molar-refractivity contribution in [3.63, 3.8) is 0 Å². The van der Waals surface area contributed by atoms with Gasteiger partial charge in [-0.25, -0.2) is 18.4 Å². The summed E-state index contributed by atoms with van der Waals surface area (Å²) in [6.45, 7) is 1.01.